The highest BCUT2D eigenvalue weighted by Crippen LogP contribution is 2.44. The van der Waals surface area contributed by atoms with E-state index in [1.807, 2.05) is 6.07 Å². The predicted molar refractivity (Wildman–Crippen MR) is 90.5 cm³/mol. The minimum absolute atomic E-state index is 0.279. The van der Waals surface area contributed by atoms with Crippen LogP contribution in [0.15, 0.2) is 52.3 Å². The molecule has 142 valence electrons. The minimum atomic E-state index is -4.72. The van der Waals surface area contributed by atoms with Crippen LogP contribution in [-0.2, 0) is 20.1 Å². The summed E-state index contributed by atoms with van der Waals surface area (Å²) < 4.78 is 51.9. The highest BCUT2D eigenvalue weighted by molar-refractivity contribution is 7.99. The molecule has 0 aliphatic carbocycles. The number of rotatable bonds is 3. The van der Waals surface area contributed by atoms with E-state index in [0.717, 1.165) is 9.79 Å². The van der Waals surface area contributed by atoms with E-state index < -0.39 is 12.1 Å². The summed E-state index contributed by atoms with van der Waals surface area (Å²) in [4.78, 5) is 13.9. The van der Waals surface area contributed by atoms with Crippen molar-refractivity contribution in [3.8, 4) is 5.75 Å². The Balaban J connectivity index is 1.55. The zero-order valence-electron chi connectivity index (χ0n) is 13.8. The van der Waals surface area contributed by atoms with Gasteiger partial charge in [0.15, 0.2) is 0 Å². The topological polar surface area (TPSA) is 56.8 Å². The maximum Gasteiger partial charge on any atom is 0.573 e. The number of ether oxygens (including phenoxy) is 3. The molecule has 0 unspecified atom stereocenters. The number of benzene rings is 2. The van der Waals surface area contributed by atoms with Crippen LogP contribution in [0.25, 0.3) is 0 Å². The van der Waals surface area contributed by atoms with Gasteiger partial charge in [0.25, 0.3) is 11.7 Å². The lowest BCUT2D eigenvalue weighted by molar-refractivity contribution is -0.274. The van der Waals surface area contributed by atoms with Gasteiger partial charge in [-0.1, -0.05) is 11.8 Å². The fraction of sp³-hybridized carbons (Fsp3) is 0.278. The number of carbonyl (C=O) groups excluding carboxylic acids is 1. The third kappa shape index (κ3) is 3.62. The summed E-state index contributed by atoms with van der Waals surface area (Å²) in [6.45, 7) is 0.843. The number of nitrogens with one attached hydrogen (secondary N) is 1. The first kappa shape index (κ1) is 18.1. The molecule has 2 aliphatic rings. The molecule has 0 atom stereocenters. The highest BCUT2D eigenvalue weighted by Gasteiger charge is 2.51. The molecule has 0 aromatic heterocycles. The van der Waals surface area contributed by atoms with Gasteiger partial charge >= 0.3 is 6.36 Å². The van der Waals surface area contributed by atoms with Gasteiger partial charge in [-0.15, -0.1) is 13.2 Å². The molecule has 1 fully saturated rings. The van der Waals surface area contributed by atoms with E-state index in [4.69, 9.17) is 9.47 Å². The van der Waals surface area contributed by atoms with Gasteiger partial charge < -0.3 is 19.5 Å². The molecule has 9 heteroatoms. The summed E-state index contributed by atoms with van der Waals surface area (Å²) >= 11 is 1.34. The second-order valence-electron chi connectivity index (χ2n) is 5.95. The fourth-order valence-corrected chi connectivity index (χ4v) is 3.82. The van der Waals surface area contributed by atoms with Crippen LogP contribution in [0, 0.1) is 0 Å². The number of hydrogen-bond acceptors (Lipinski definition) is 5. The van der Waals surface area contributed by atoms with Gasteiger partial charge in [0, 0.05) is 15.4 Å². The lowest BCUT2D eigenvalue weighted by Crippen LogP contribution is -2.43. The Kier molecular flexibility index (Phi) is 4.53. The number of amides is 1. The van der Waals surface area contributed by atoms with Crippen LogP contribution in [0.4, 0.5) is 18.9 Å². The molecule has 0 bridgehead atoms. The smallest absolute Gasteiger partial charge is 0.406 e. The van der Waals surface area contributed by atoms with Crippen LogP contribution in [0.2, 0.25) is 0 Å². The van der Waals surface area contributed by atoms with Crippen LogP contribution < -0.4 is 10.1 Å². The number of alkyl halides is 3. The number of hydrogen-bond donors (Lipinski definition) is 1. The number of fused-ring (bicyclic) bond motifs is 2. The van der Waals surface area contributed by atoms with Crippen LogP contribution >= 0.6 is 11.8 Å². The summed E-state index contributed by atoms with van der Waals surface area (Å²) in [5.41, 5.74) is 1.23. The van der Waals surface area contributed by atoms with Gasteiger partial charge in [0.1, 0.15) is 5.75 Å². The minimum Gasteiger partial charge on any atom is -0.406 e. The van der Waals surface area contributed by atoms with Crippen LogP contribution in [-0.4, -0.2) is 25.5 Å². The van der Waals surface area contributed by atoms with Gasteiger partial charge in [-0.25, -0.2) is 0 Å². The predicted octanol–water partition coefficient (Wildman–Crippen LogP) is 4.28. The number of carbonyl (C=O) groups is 1. The Morgan fingerprint density at radius 3 is 2.37 bits per heavy atom. The van der Waals surface area contributed by atoms with E-state index in [-0.39, 0.29) is 11.7 Å². The Morgan fingerprint density at radius 2 is 1.70 bits per heavy atom. The zero-order chi connectivity index (χ0) is 19.1. The maximum absolute atomic E-state index is 12.4. The monoisotopic (exact) mass is 397 g/mol. The first-order valence-electron chi connectivity index (χ1n) is 8.13. The van der Waals surface area contributed by atoms with E-state index in [0.29, 0.717) is 30.9 Å². The van der Waals surface area contributed by atoms with Gasteiger partial charge in [-0.2, -0.15) is 0 Å². The van der Waals surface area contributed by atoms with E-state index in [1.165, 1.54) is 36.0 Å². The van der Waals surface area contributed by atoms with Crippen molar-refractivity contribution >= 4 is 23.4 Å². The Morgan fingerprint density at radius 1 is 1.04 bits per heavy atom. The molecule has 5 nitrogen and oxygen atoms in total. The molecule has 0 radical (unpaired) electrons. The number of halogens is 3. The van der Waals surface area contributed by atoms with Gasteiger partial charge in [0.05, 0.1) is 18.9 Å². The summed E-state index contributed by atoms with van der Waals surface area (Å²) in [6, 6.07) is 10.9. The molecule has 2 aliphatic heterocycles. The molecule has 1 spiro atoms. The molecule has 2 aromatic rings. The maximum atomic E-state index is 12.4. The Hall–Kier alpha value is -2.23. The molecule has 1 saturated heterocycles. The van der Waals surface area contributed by atoms with E-state index in [2.05, 4.69) is 10.1 Å². The third-order valence-electron chi connectivity index (χ3n) is 4.09. The van der Waals surface area contributed by atoms with Gasteiger partial charge in [-0.3, -0.25) is 4.79 Å². The summed E-state index contributed by atoms with van der Waals surface area (Å²) in [6.07, 6.45) is -4.01. The molecule has 27 heavy (non-hydrogen) atoms. The van der Waals surface area contributed by atoms with Crippen molar-refractivity contribution in [2.45, 2.75) is 28.4 Å². The average molecular weight is 397 g/mol. The van der Waals surface area contributed by atoms with E-state index in [1.54, 1.807) is 12.1 Å². The zero-order valence-corrected chi connectivity index (χ0v) is 14.7. The van der Waals surface area contributed by atoms with Crippen molar-refractivity contribution in [3.05, 3.63) is 48.0 Å². The van der Waals surface area contributed by atoms with E-state index >= 15 is 0 Å². The second-order valence-corrected chi connectivity index (χ2v) is 7.10. The van der Waals surface area contributed by atoms with Crippen molar-refractivity contribution < 1.29 is 32.2 Å². The third-order valence-corrected chi connectivity index (χ3v) is 5.08. The van der Waals surface area contributed by atoms with Crippen LogP contribution in [0.3, 0.4) is 0 Å². The average Bonchev–Trinajstić information content (AvgIpc) is 2.88. The standard InChI is InChI=1S/C18H14F3NO4S/c19-18(20,21)26-11-2-4-12(5-3-11)27-13-6-7-15-14(10-13)17(16(23)22-15)24-8-1-9-25-17/h2-7,10H,1,8-9H2,(H,22,23). The molecule has 1 N–H and O–H groups in total. The van der Waals surface area contributed by atoms with E-state index in [9.17, 15) is 18.0 Å². The normalized spacial score (nSPS) is 18.3. The SMILES string of the molecule is O=C1Nc2ccc(Sc3ccc(OC(F)(F)F)cc3)cc2C12OCCCO2. The lowest BCUT2D eigenvalue weighted by atomic mass is 10.1. The summed E-state index contributed by atoms with van der Waals surface area (Å²) in [5.74, 6) is -2.05. The molecule has 4 rings (SSSR count). The largest absolute Gasteiger partial charge is 0.573 e. The van der Waals surface area contributed by atoms with Gasteiger partial charge in [-0.05, 0) is 48.9 Å². The molecule has 2 heterocycles. The lowest BCUT2D eigenvalue weighted by Gasteiger charge is -2.31. The van der Waals surface area contributed by atoms with Crippen molar-refractivity contribution in [1.29, 1.82) is 0 Å². The summed E-state index contributed by atoms with van der Waals surface area (Å²) in [5, 5.41) is 2.76. The molecule has 0 saturated carbocycles. The molecular weight excluding hydrogens is 383 g/mol. The number of anilines is 1. The van der Waals surface area contributed by atoms with Crippen molar-refractivity contribution in [3.63, 3.8) is 0 Å². The molecular formula is C18H14F3NO4S. The quantitative estimate of drug-likeness (QED) is 0.838. The second kappa shape index (κ2) is 6.74. The van der Waals surface area contributed by atoms with Crippen LogP contribution in [0.5, 0.6) is 5.75 Å². The van der Waals surface area contributed by atoms with Crippen molar-refractivity contribution in [2.75, 3.05) is 18.5 Å². The van der Waals surface area contributed by atoms with Gasteiger partial charge in [0.2, 0.25) is 0 Å². The molecule has 1 amide bonds. The molecule has 2 aromatic carbocycles. The first-order chi connectivity index (χ1) is 12.9. The fourth-order valence-electron chi connectivity index (χ4n) is 2.96. The van der Waals surface area contributed by atoms with Crippen molar-refractivity contribution in [1.82, 2.24) is 0 Å². The highest BCUT2D eigenvalue weighted by atomic mass is 32.2. The van der Waals surface area contributed by atoms with Crippen molar-refractivity contribution in [2.24, 2.45) is 0 Å². The first-order valence-corrected chi connectivity index (χ1v) is 8.95. The van der Waals surface area contributed by atoms with Crippen LogP contribution in [0.1, 0.15) is 12.0 Å². The Bertz CT molecular complexity index is 864. The Labute approximate surface area is 156 Å². The summed E-state index contributed by atoms with van der Waals surface area (Å²) in [7, 11) is 0.